The van der Waals surface area contributed by atoms with Gasteiger partial charge in [0.2, 0.25) is 11.7 Å². The Labute approximate surface area is 151 Å². The molecular formula is C19H21N3O4. The average molecular weight is 355 g/mol. The number of hydrogen-bond donors (Lipinski definition) is 0. The van der Waals surface area contributed by atoms with Crippen molar-refractivity contribution in [3.63, 3.8) is 0 Å². The van der Waals surface area contributed by atoms with Crippen LogP contribution in [0.15, 0.2) is 57.7 Å². The lowest BCUT2D eigenvalue weighted by Gasteiger charge is -2.25. The maximum absolute atomic E-state index is 12.3. The van der Waals surface area contributed by atoms with Crippen LogP contribution in [-0.2, 0) is 16.1 Å². The molecule has 0 bridgehead atoms. The summed E-state index contributed by atoms with van der Waals surface area (Å²) in [5.41, 5.74) is 0.312. The Morgan fingerprint density at radius 1 is 1.15 bits per heavy atom. The highest BCUT2D eigenvalue weighted by Crippen LogP contribution is 2.20. The third-order valence-corrected chi connectivity index (χ3v) is 3.40. The van der Waals surface area contributed by atoms with Crippen molar-refractivity contribution >= 4 is 11.7 Å². The molecule has 0 fully saturated rings. The van der Waals surface area contributed by atoms with Crippen molar-refractivity contribution in [2.24, 2.45) is 0 Å². The van der Waals surface area contributed by atoms with Crippen LogP contribution in [-0.4, -0.2) is 28.3 Å². The Hall–Kier alpha value is -3.09. The molecule has 136 valence electrons. The van der Waals surface area contributed by atoms with Crippen LogP contribution in [0.1, 0.15) is 26.7 Å². The molecule has 26 heavy (non-hydrogen) atoms. The van der Waals surface area contributed by atoms with Crippen LogP contribution in [0.4, 0.5) is 5.69 Å². The first-order chi connectivity index (χ1) is 12.4. The van der Waals surface area contributed by atoms with Crippen molar-refractivity contribution in [2.45, 2.75) is 32.9 Å². The summed E-state index contributed by atoms with van der Waals surface area (Å²) in [6, 6.07) is 13.0. The number of carbonyl (C=O) groups is 1. The average Bonchev–Trinajstić information content (AvgIpc) is 3.24. The third-order valence-electron chi connectivity index (χ3n) is 3.40. The van der Waals surface area contributed by atoms with Crippen molar-refractivity contribution in [3.05, 3.63) is 54.6 Å². The number of esters is 1. The van der Waals surface area contributed by atoms with E-state index in [1.54, 1.807) is 18.4 Å². The molecule has 2 heterocycles. The molecule has 0 saturated carbocycles. The Balaban J connectivity index is 1.77. The number of para-hydroxylation sites is 1. The van der Waals surface area contributed by atoms with Crippen LogP contribution in [0.5, 0.6) is 0 Å². The lowest BCUT2D eigenvalue weighted by atomic mass is 10.2. The Morgan fingerprint density at radius 2 is 1.92 bits per heavy atom. The number of ether oxygens (including phenoxy) is 1. The number of carbonyl (C=O) groups excluding carboxylic acids is 1. The fraction of sp³-hybridized carbons (Fsp3) is 0.316. The number of rotatable bonds is 6. The number of anilines is 1. The quantitative estimate of drug-likeness (QED) is 0.624. The second kappa shape index (κ2) is 7.43. The van der Waals surface area contributed by atoms with Gasteiger partial charge in [-0.05, 0) is 45.0 Å². The second-order valence-electron chi connectivity index (χ2n) is 6.77. The van der Waals surface area contributed by atoms with Gasteiger partial charge >= 0.3 is 5.97 Å². The monoisotopic (exact) mass is 355 g/mol. The molecule has 7 nitrogen and oxygen atoms in total. The van der Waals surface area contributed by atoms with Crippen molar-refractivity contribution in [3.8, 4) is 11.6 Å². The summed E-state index contributed by atoms with van der Waals surface area (Å²) >= 11 is 0. The number of nitrogens with zero attached hydrogens (tertiary/aromatic N) is 3. The maximum Gasteiger partial charge on any atom is 0.326 e. The normalized spacial score (nSPS) is 11.3. The summed E-state index contributed by atoms with van der Waals surface area (Å²) in [4.78, 5) is 18.4. The van der Waals surface area contributed by atoms with Gasteiger partial charge in [0.25, 0.3) is 0 Å². The molecule has 0 N–H and O–H groups in total. The zero-order valence-corrected chi connectivity index (χ0v) is 15.0. The smallest absolute Gasteiger partial charge is 0.326 e. The molecule has 0 aliphatic carbocycles. The number of furan rings is 1. The summed E-state index contributed by atoms with van der Waals surface area (Å²) in [7, 11) is 0. The molecule has 3 aromatic rings. The maximum atomic E-state index is 12.3. The molecule has 3 rings (SSSR count). The van der Waals surface area contributed by atoms with Gasteiger partial charge in [-0.1, -0.05) is 23.4 Å². The van der Waals surface area contributed by atoms with Crippen LogP contribution >= 0.6 is 0 Å². The lowest BCUT2D eigenvalue weighted by Crippen LogP contribution is -2.34. The predicted molar refractivity (Wildman–Crippen MR) is 95.3 cm³/mol. The highest BCUT2D eigenvalue weighted by atomic mass is 16.6. The summed E-state index contributed by atoms with van der Waals surface area (Å²) in [6.45, 7) is 5.86. The molecule has 0 spiro atoms. The van der Waals surface area contributed by atoms with Crippen molar-refractivity contribution in [2.75, 3.05) is 11.4 Å². The van der Waals surface area contributed by atoms with Gasteiger partial charge < -0.3 is 18.6 Å². The highest BCUT2D eigenvalue weighted by molar-refractivity contribution is 5.76. The summed E-state index contributed by atoms with van der Waals surface area (Å²) in [6.07, 6.45) is 1.55. The first-order valence-corrected chi connectivity index (χ1v) is 8.29. The minimum absolute atomic E-state index is 0.0692. The zero-order valence-electron chi connectivity index (χ0n) is 15.0. The van der Waals surface area contributed by atoms with Crippen molar-refractivity contribution in [1.29, 1.82) is 0 Å². The van der Waals surface area contributed by atoms with E-state index in [0.717, 1.165) is 5.69 Å². The van der Waals surface area contributed by atoms with Crippen LogP contribution in [0.2, 0.25) is 0 Å². The van der Waals surface area contributed by atoms with Crippen molar-refractivity contribution in [1.82, 2.24) is 10.1 Å². The molecule has 0 atom stereocenters. The molecule has 0 aliphatic rings. The summed E-state index contributed by atoms with van der Waals surface area (Å²) < 4.78 is 16.0. The Morgan fingerprint density at radius 3 is 2.58 bits per heavy atom. The first kappa shape index (κ1) is 17.7. The Bertz CT molecular complexity index is 835. The van der Waals surface area contributed by atoms with Crippen molar-refractivity contribution < 1.29 is 18.5 Å². The van der Waals surface area contributed by atoms with Crippen LogP contribution < -0.4 is 4.90 Å². The van der Waals surface area contributed by atoms with E-state index in [4.69, 9.17) is 13.7 Å². The molecule has 0 unspecified atom stereocenters. The van der Waals surface area contributed by atoms with Crippen LogP contribution in [0.3, 0.4) is 0 Å². The van der Waals surface area contributed by atoms with Gasteiger partial charge in [-0.3, -0.25) is 4.79 Å². The van der Waals surface area contributed by atoms with E-state index in [-0.39, 0.29) is 19.1 Å². The molecule has 7 heteroatoms. The molecule has 0 amide bonds. The fourth-order valence-electron chi connectivity index (χ4n) is 2.40. The topological polar surface area (TPSA) is 81.6 Å². The molecular weight excluding hydrogens is 334 g/mol. The van der Waals surface area contributed by atoms with E-state index in [1.807, 2.05) is 56.0 Å². The van der Waals surface area contributed by atoms with Gasteiger partial charge in [0.1, 0.15) is 12.1 Å². The van der Waals surface area contributed by atoms with Crippen LogP contribution in [0.25, 0.3) is 11.6 Å². The lowest BCUT2D eigenvalue weighted by molar-refractivity contribution is -0.153. The number of benzene rings is 1. The van der Waals surface area contributed by atoms with Gasteiger partial charge in [-0.2, -0.15) is 4.98 Å². The van der Waals surface area contributed by atoms with Crippen LogP contribution in [0, 0.1) is 0 Å². The zero-order chi connectivity index (χ0) is 18.6. The second-order valence-corrected chi connectivity index (χ2v) is 6.77. The molecule has 0 aliphatic heterocycles. The van der Waals surface area contributed by atoms with Gasteiger partial charge in [0.15, 0.2) is 5.76 Å². The van der Waals surface area contributed by atoms with E-state index >= 15 is 0 Å². The van der Waals surface area contributed by atoms with E-state index in [1.165, 1.54) is 0 Å². The first-order valence-electron chi connectivity index (χ1n) is 8.29. The predicted octanol–water partition coefficient (Wildman–Crippen LogP) is 3.68. The summed E-state index contributed by atoms with van der Waals surface area (Å²) in [5.74, 6) is 0.949. The van der Waals surface area contributed by atoms with Gasteiger partial charge in [0.05, 0.1) is 12.8 Å². The highest BCUT2D eigenvalue weighted by Gasteiger charge is 2.21. The summed E-state index contributed by atoms with van der Waals surface area (Å²) in [5, 5.41) is 3.92. The van der Waals surface area contributed by atoms with Gasteiger partial charge in [-0.25, -0.2) is 0 Å². The standard InChI is InChI=1S/C19H21N3O4/c1-19(2,3)25-17(23)13-22(14-8-5-4-6-9-14)12-16-20-18(21-26-16)15-10-7-11-24-15/h4-11H,12-13H2,1-3H3. The van der Waals surface area contributed by atoms with Gasteiger partial charge in [-0.15, -0.1) is 0 Å². The van der Waals surface area contributed by atoms with E-state index in [9.17, 15) is 4.79 Å². The number of aromatic nitrogens is 2. The minimum Gasteiger partial charge on any atom is -0.461 e. The number of hydrogen-bond acceptors (Lipinski definition) is 7. The molecule has 0 saturated heterocycles. The molecule has 2 aromatic heterocycles. The minimum atomic E-state index is -0.545. The molecule has 0 radical (unpaired) electrons. The van der Waals surface area contributed by atoms with Gasteiger partial charge in [0, 0.05) is 5.69 Å². The largest absolute Gasteiger partial charge is 0.461 e. The Kier molecular flexibility index (Phi) is 5.06. The third kappa shape index (κ3) is 4.72. The van der Waals surface area contributed by atoms with E-state index in [2.05, 4.69) is 10.1 Å². The molecule has 1 aromatic carbocycles. The van der Waals surface area contributed by atoms with E-state index in [0.29, 0.717) is 17.5 Å². The SMILES string of the molecule is CC(C)(C)OC(=O)CN(Cc1nc(-c2ccco2)no1)c1ccccc1. The fourth-order valence-corrected chi connectivity index (χ4v) is 2.40. The van der Waals surface area contributed by atoms with E-state index < -0.39 is 5.60 Å².